The van der Waals surface area contributed by atoms with Crippen LogP contribution in [0.25, 0.3) is 5.70 Å². The van der Waals surface area contributed by atoms with Crippen LogP contribution < -0.4 is 10.5 Å². The van der Waals surface area contributed by atoms with E-state index in [1.165, 1.54) is 13.2 Å². The van der Waals surface area contributed by atoms with E-state index in [0.717, 1.165) is 11.9 Å². The lowest BCUT2D eigenvalue weighted by Crippen LogP contribution is -2.48. The topological polar surface area (TPSA) is 93.3 Å². The number of nitrogens with two attached hydrogens (primary N) is 1. The van der Waals surface area contributed by atoms with Crippen molar-refractivity contribution >= 4 is 28.9 Å². The Morgan fingerprint density at radius 3 is 2.38 bits per heavy atom. The SMILES string of the molecule is COC(C=C(C)N1CCN(C(=O)CN=C(C)C(C)=C(N)c2cc(OC)ncc2F)CC1)=C(C)Cl. The van der Waals surface area contributed by atoms with E-state index in [0.29, 0.717) is 48.3 Å². The van der Waals surface area contributed by atoms with Gasteiger partial charge >= 0.3 is 0 Å². The molecule has 34 heavy (non-hydrogen) atoms. The molecule has 0 aromatic carbocycles. The van der Waals surface area contributed by atoms with E-state index in [-0.39, 0.29) is 29.6 Å². The number of methoxy groups -OCH3 is 2. The molecule has 1 aromatic heterocycles. The average molecular weight is 494 g/mol. The van der Waals surface area contributed by atoms with Gasteiger partial charge in [0.25, 0.3) is 0 Å². The van der Waals surface area contributed by atoms with Gasteiger partial charge in [-0.1, -0.05) is 11.6 Å². The summed E-state index contributed by atoms with van der Waals surface area (Å²) in [6.45, 7) is 9.82. The molecule has 8 nitrogen and oxygen atoms in total. The van der Waals surface area contributed by atoms with E-state index in [9.17, 15) is 9.18 Å². The van der Waals surface area contributed by atoms with Crippen molar-refractivity contribution in [3.63, 3.8) is 0 Å². The van der Waals surface area contributed by atoms with Crippen LogP contribution in [0, 0.1) is 5.82 Å². The summed E-state index contributed by atoms with van der Waals surface area (Å²) < 4.78 is 24.5. The summed E-state index contributed by atoms with van der Waals surface area (Å²) in [4.78, 5) is 24.9. The molecule has 0 unspecified atom stereocenters. The zero-order valence-corrected chi connectivity index (χ0v) is 21.4. The monoisotopic (exact) mass is 493 g/mol. The lowest BCUT2D eigenvalue weighted by molar-refractivity contribution is -0.131. The highest BCUT2D eigenvalue weighted by atomic mass is 35.5. The normalized spacial score (nSPS) is 16.7. The first-order chi connectivity index (χ1) is 16.1. The van der Waals surface area contributed by atoms with Crippen molar-refractivity contribution in [3.8, 4) is 5.88 Å². The smallest absolute Gasteiger partial charge is 0.244 e. The number of carbonyl (C=O) groups is 1. The number of amides is 1. The number of nitrogens with zero attached hydrogens (tertiary/aromatic N) is 4. The van der Waals surface area contributed by atoms with Gasteiger partial charge in [0.15, 0.2) is 5.82 Å². The minimum atomic E-state index is -0.557. The van der Waals surface area contributed by atoms with Gasteiger partial charge in [0.1, 0.15) is 12.3 Å². The minimum Gasteiger partial charge on any atom is -0.495 e. The van der Waals surface area contributed by atoms with Crippen molar-refractivity contribution in [3.05, 3.63) is 51.8 Å². The van der Waals surface area contributed by atoms with Gasteiger partial charge in [-0.3, -0.25) is 9.79 Å². The molecular weight excluding hydrogens is 461 g/mol. The molecule has 0 radical (unpaired) electrons. The standard InChI is InChI=1S/C24H33ClFN5O3/c1-15(11-21(33-5)17(3)25)30-7-9-31(10-8-30)23(32)14-28-18(4)16(2)24(27)19-12-22(34-6)29-13-20(19)26/h11-13H,7-10,14,27H2,1-6H3. The molecule has 1 fully saturated rings. The van der Waals surface area contributed by atoms with Crippen molar-refractivity contribution in [2.75, 3.05) is 46.9 Å². The summed E-state index contributed by atoms with van der Waals surface area (Å²) in [5.74, 6) is 0.250. The zero-order chi connectivity index (χ0) is 25.4. The molecule has 186 valence electrons. The van der Waals surface area contributed by atoms with Crippen LogP contribution in [0.2, 0.25) is 0 Å². The number of aromatic nitrogens is 1. The summed E-state index contributed by atoms with van der Waals surface area (Å²) in [6.07, 6.45) is 2.96. The first-order valence-electron chi connectivity index (χ1n) is 10.9. The molecular formula is C24H33ClFN5O3. The second-order valence-electron chi connectivity index (χ2n) is 7.90. The van der Waals surface area contributed by atoms with E-state index in [1.807, 2.05) is 13.0 Å². The lowest BCUT2D eigenvalue weighted by atomic mass is 10.1. The van der Waals surface area contributed by atoms with Crippen molar-refractivity contribution in [2.45, 2.75) is 27.7 Å². The molecule has 1 aliphatic rings. The summed E-state index contributed by atoms with van der Waals surface area (Å²) in [6, 6.07) is 1.43. The summed E-state index contributed by atoms with van der Waals surface area (Å²) in [5.41, 5.74) is 8.74. The van der Waals surface area contributed by atoms with Gasteiger partial charge in [0.05, 0.1) is 25.4 Å². The van der Waals surface area contributed by atoms with Crippen molar-refractivity contribution in [1.29, 1.82) is 0 Å². The fourth-order valence-corrected chi connectivity index (χ4v) is 3.56. The predicted molar refractivity (Wildman–Crippen MR) is 133 cm³/mol. The number of rotatable bonds is 8. The molecule has 2 N–H and O–H groups in total. The Kier molecular flexibility index (Phi) is 9.92. The molecule has 0 bridgehead atoms. The van der Waals surface area contributed by atoms with Crippen LogP contribution in [0.3, 0.4) is 0 Å². The first-order valence-corrected chi connectivity index (χ1v) is 11.3. The van der Waals surface area contributed by atoms with E-state index < -0.39 is 5.82 Å². The number of halogens is 2. The molecule has 10 heteroatoms. The Hall–Kier alpha value is -3.07. The number of carbonyl (C=O) groups excluding carboxylic acids is 1. The Morgan fingerprint density at radius 1 is 1.21 bits per heavy atom. The molecule has 2 rings (SSSR count). The van der Waals surface area contributed by atoms with Gasteiger partial charge in [-0.25, -0.2) is 9.37 Å². The highest BCUT2D eigenvalue weighted by molar-refractivity contribution is 6.29. The lowest BCUT2D eigenvalue weighted by Gasteiger charge is -2.36. The van der Waals surface area contributed by atoms with Crippen LogP contribution in [-0.2, 0) is 9.53 Å². The largest absolute Gasteiger partial charge is 0.495 e. The minimum absolute atomic E-state index is 0.00454. The summed E-state index contributed by atoms with van der Waals surface area (Å²) in [5, 5.41) is 0.583. The van der Waals surface area contributed by atoms with E-state index in [2.05, 4.69) is 14.9 Å². The third kappa shape index (κ3) is 6.96. The number of hydrogen-bond acceptors (Lipinski definition) is 7. The van der Waals surface area contributed by atoms with Gasteiger partial charge in [-0.2, -0.15) is 0 Å². The number of ether oxygens (including phenoxy) is 2. The fraction of sp³-hybridized carbons (Fsp3) is 0.458. The molecule has 1 saturated heterocycles. The van der Waals surface area contributed by atoms with Gasteiger partial charge in [0.2, 0.25) is 11.8 Å². The fourth-order valence-electron chi connectivity index (χ4n) is 3.43. The van der Waals surface area contributed by atoms with Gasteiger partial charge < -0.3 is 25.0 Å². The number of piperazine rings is 1. The number of aliphatic imine (C=N–C) groups is 1. The maximum Gasteiger partial charge on any atom is 0.244 e. The molecule has 0 saturated carbocycles. The van der Waals surface area contributed by atoms with Crippen LogP contribution >= 0.6 is 11.6 Å². The van der Waals surface area contributed by atoms with Crippen molar-refractivity contribution in [2.24, 2.45) is 10.7 Å². The molecule has 1 aromatic rings. The number of allylic oxidation sites excluding steroid dienone is 4. The Bertz CT molecular complexity index is 1020. The molecule has 0 spiro atoms. The van der Waals surface area contributed by atoms with Crippen LogP contribution in [0.5, 0.6) is 5.88 Å². The first kappa shape index (κ1) is 27.2. The Morgan fingerprint density at radius 2 is 1.82 bits per heavy atom. The highest BCUT2D eigenvalue weighted by Gasteiger charge is 2.21. The average Bonchev–Trinajstić information content (AvgIpc) is 2.84. The second kappa shape index (κ2) is 12.4. The maximum absolute atomic E-state index is 14.2. The van der Waals surface area contributed by atoms with Crippen LogP contribution in [-0.4, -0.2) is 73.3 Å². The number of pyridine rings is 1. The van der Waals surface area contributed by atoms with Gasteiger partial charge in [0, 0.05) is 61.0 Å². The Labute approximate surface area is 205 Å². The summed E-state index contributed by atoms with van der Waals surface area (Å²) in [7, 11) is 3.03. The Balaban J connectivity index is 2.02. The van der Waals surface area contributed by atoms with E-state index >= 15 is 0 Å². The third-order valence-corrected chi connectivity index (χ3v) is 5.94. The van der Waals surface area contributed by atoms with Crippen molar-refractivity contribution in [1.82, 2.24) is 14.8 Å². The summed E-state index contributed by atoms with van der Waals surface area (Å²) >= 11 is 6.04. The van der Waals surface area contributed by atoms with E-state index in [1.54, 1.807) is 32.8 Å². The molecule has 0 aliphatic carbocycles. The van der Waals surface area contributed by atoms with Crippen LogP contribution in [0.4, 0.5) is 4.39 Å². The second-order valence-corrected chi connectivity index (χ2v) is 8.47. The van der Waals surface area contributed by atoms with Gasteiger partial charge in [-0.15, -0.1) is 0 Å². The van der Waals surface area contributed by atoms with Gasteiger partial charge in [-0.05, 0) is 33.3 Å². The number of hydrogen-bond donors (Lipinski definition) is 1. The van der Waals surface area contributed by atoms with Crippen LogP contribution in [0.1, 0.15) is 33.3 Å². The molecule has 0 atom stereocenters. The third-order valence-electron chi connectivity index (χ3n) is 5.76. The zero-order valence-electron chi connectivity index (χ0n) is 20.6. The highest BCUT2D eigenvalue weighted by Crippen LogP contribution is 2.21. The quantitative estimate of drug-likeness (QED) is 0.338. The molecule has 2 heterocycles. The molecule has 1 amide bonds. The predicted octanol–water partition coefficient (Wildman–Crippen LogP) is 3.54. The maximum atomic E-state index is 14.2. The van der Waals surface area contributed by atoms with Crippen LogP contribution in [0.15, 0.2) is 45.4 Å². The molecule has 1 aliphatic heterocycles. The van der Waals surface area contributed by atoms with E-state index in [4.69, 9.17) is 26.8 Å². The van der Waals surface area contributed by atoms with Crippen molar-refractivity contribution < 1.29 is 18.7 Å².